The standard InChI is InChI=1S/C25H20ClF3N6O3S/c1-33(2)23-31-16-11-15(7-8-18(16)34(23)10-9-30)35-21(36)20-17(32-24(35)38-22(37)25(27,28)29)12-19(39-20)13-3-5-14(26)6-4-13/h3-8,11-12H,9-10,30H2,1-2H3. The third kappa shape index (κ3) is 4.95. The molecule has 2 N–H and O–H groups in total. The van der Waals surface area contributed by atoms with Gasteiger partial charge in [-0.25, -0.2) is 14.3 Å². The average Bonchev–Trinajstić information content (AvgIpc) is 3.46. The lowest BCUT2D eigenvalue weighted by Gasteiger charge is -2.14. The predicted octanol–water partition coefficient (Wildman–Crippen LogP) is 4.61. The van der Waals surface area contributed by atoms with Crippen LogP contribution >= 0.6 is 22.9 Å². The summed E-state index contributed by atoms with van der Waals surface area (Å²) in [4.78, 5) is 36.6. The molecule has 0 aliphatic carbocycles. The van der Waals surface area contributed by atoms with Crippen LogP contribution < -0.4 is 20.9 Å². The van der Waals surface area contributed by atoms with Gasteiger partial charge in [0.05, 0.1) is 22.2 Å². The molecule has 39 heavy (non-hydrogen) atoms. The van der Waals surface area contributed by atoms with Crippen LogP contribution in [0.3, 0.4) is 0 Å². The quantitative estimate of drug-likeness (QED) is 0.294. The molecular formula is C25H20ClF3N6O3S. The van der Waals surface area contributed by atoms with E-state index in [1.54, 1.807) is 55.4 Å². The summed E-state index contributed by atoms with van der Waals surface area (Å²) in [5.41, 5.74) is 7.14. The number of nitrogens with zero attached hydrogens (tertiary/aromatic N) is 5. The average molecular weight is 577 g/mol. The Morgan fingerprint density at radius 3 is 2.46 bits per heavy atom. The van der Waals surface area contributed by atoms with Gasteiger partial charge in [-0.2, -0.15) is 18.2 Å². The summed E-state index contributed by atoms with van der Waals surface area (Å²) in [6.45, 7) is 0.813. The Morgan fingerprint density at radius 2 is 1.82 bits per heavy atom. The lowest BCUT2D eigenvalue weighted by molar-refractivity contribution is -0.190. The molecule has 2 aromatic carbocycles. The minimum atomic E-state index is -5.30. The smallest absolute Gasteiger partial charge is 0.385 e. The fourth-order valence-electron chi connectivity index (χ4n) is 4.09. The van der Waals surface area contributed by atoms with Gasteiger partial charge in [0.1, 0.15) is 4.70 Å². The summed E-state index contributed by atoms with van der Waals surface area (Å²) >= 11 is 7.07. The summed E-state index contributed by atoms with van der Waals surface area (Å²) in [6, 6.07) is 12.3. The Balaban J connectivity index is 1.73. The Hall–Kier alpha value is -3.94. The first-order valence-electron chi connectivity index (χ1n) is 11.5. The van der Waals surface area contributed by atoms with Gasteiger partial charge in [-0.1, -0.05) is 23.7 Å². The van der Waals surface area contributed by atoms with E-state index in [4.69, 9.17) is 17.3 Å². The molecule has 0 atom stereocenters. The molecule has 0 fully saturated rings. The van der Waals surface area contributed by atoms with Gasteiger partial charge in [-0.15, -0.1) is 11.3 Å². The normalized spacial score (nSPS) is 11.9. The van der Waals surface area contributed by atoms with E-state index in [-0.39, 0.29) is 15.9 Å². The second-order valence-electron chi connectivity index (χ2n) is 8.67. The highest BCUT2D eigenvalue weighted by Gasteiger charge is 2.42. The maximum absolute atomic E-state index is 13.7. The van der Waals surface area contributed by atoms with Crippen molar-refractivity contribution < 1.29 is 22.7 Å². The number of ether oxygens (including phenoxy) is 1. The summed E-state index contributed by atoms with van der Waals surface area (Å²) in [7, 11) is 3.61. The lowest BCUT2D eigenvalue weighted by atomic mass is 10.2. The van der Waals surface area contributed by atoms with E-state index in [1.165, 1.54) is 12.1 Å². The highest BCUT2D eigenvalue weighted by Crippen LogP contribution is 2.34. The molecule has 0 spiro atoms. The molecule has 14 heteroatoms. The SMILES string of the molecule is CN(C)c1nc2cc(-n3c(OC(=O)C(F)(F)F)nc4cc(-c5ccc(Cl)cc5)sc4c3=O)ccc2n1CCN. The molecule has 5 rings (SSSR count). The number of hydrogen-bond acceptors (Lipinski definition) is 8. The molecule has 3 aromatic heterocycles. The molecule has 0 aliphatic heterocycles. The van der Waals surface area contributed by atoms with E-state index in [0.29, 0.717) is 40.0 Å². The van der Waals surface area contributed by atoms with E-state index in [9.17, 15) is 22.8 Å². The van der Waals surface area contributed by atoms with Crippen molar-refractivity contribution in [3.8, 4) is 22.1 Å². The molecule has 3 heterocycles. The van der Waals surface area contributed by atoms with Gasteiger partial charge in [-0.05, 0) is 42.0 Å². The molecule has 0 bridgehead atoms. The van der Waals surface area contributed by atoms with Crippen molar-refractivity contribution in [2.24, 2.45) is 5.73 Å². The van der Waals surface area contributed by atoms with E-state index in [2.05, 4.69) is 14.7 Å². The number of anilines is 1. The minimum absolute atomic E-state index is 0.0828. The molecule has 202 valence electrons. The number of imidazole rings is 1. The summed E-state index contributed by atoms with van der Waals surface area (Å²) in [6.07, 6.45) is -5.30. The number of carbonyl (C=O) groups is 1. The van der Waals surface area contributed by atoms with Gasteiger partial charge < -0.3 is 19.9 Å². The number of halogens is 4. The van der Waals surface area contributed by atoms with Crippen LogP contribution in [0.4, 0.5) is 19.1 Å². The number of fused-ring (bicyclic) bond motifs is 2. The molecule has 0 amide bonds. The van der Waals surface area contributed by atoms with Gasteiger partial charge in [0.25, 0.3) is 5.56 Å². The molecule has 0 aliphatic rings. The number of carbonyl (C=O) groups excluding carboxylic acids is 1. The fraction of sp³-hybridized carbons (Fsp3) is 0.200. The molecule has 5 aromatic rings. The third-order valence-corrected chi connectivity index (χ3v) is 7.20. The van der Waals surface area contributed by atoms with Gasteiger partial charge in [-0.3, -0.25) is 4.79 Å². The van der Waals surface area contributed by atoms with Crippen LogP contribution in [-0.2, 0) is 11.3 Å². The number of alkyl halides is 3. The second kappa shape index (κ2) is 9.98. The molecule has 9 nitrogen and oxygen atoms in total. The lowest BCUT2D eigenvalue weighted by Crippen LogP contribution is -2.31. The van der Waals surface area contributed by atoms with Gasteiger partial charge in [0, 0.05) is 37.1 Å². The van der Waals surface area contributed by atoms with E-state index in [0.717, 1.165) is 21.5 Å². The van der Waals surface area contributed by atoms with Crippen molar-refractivity contribution in [3.63, 3.8) is 0 Å². The molecular weight excluding hydrogens is 557 g/mol. The van der Waals surface area contributed by atoms with Crippen LogP contribution in [0.1, 0.15) is 0 Å². The number of esters is 1. The molecule has 0 saturated heterocycles. The van der Waals surface area contributed by atoms with E-state index < -0.39 is 23.7 Å². The van der Waals surface area contributed by atoms with Gasteiger partial charge in [0.15, 0.2) is 0 Å². The number of rotatable bonds is 6. The Bertz CT molecular complexity index is 1780. The van der Waals surface area contributed by atoms with Crippen molar-refractivity contribution >= 4 is 56.1 Å². The summed E-state index contributed by atoms with van der Waals surface area (Å²) in [5, 5.41) is 0.517. The largest absolute Gasteiger partial charge is 0.491 e. The first-order valence-corrected chi connectivity index (χ1v) is 12.7. The zero-order valence-electron chi connectivity index (χ0n) is 20.5. The van der Waals surface area contributed by atoms with Crippen molar-refractivity contribution in [2.75, 3.05) is 25.5 Å². The summed E-state index contributed by atoms with van der Waals surface area (Å²) < 4.78 is 46.9. The highest BCUT2D eigenvalue weighted by atomic mass is 35.5. The van der Waals surface area contributed by atoms with Crippen LogP contribution in [0.15, 0.2) is 53.3 Å². The predicted molar refractivity (Wildman–Crippen MR) is 144 cm³/mol. The Kier molecular flexibility index (Phi) is 6.83. The van der Waals surface area contributed by atoms with Crippen molar-refractivity contribution in [1.82, 2.24) is 19.1 Å². The monoisotopic (exact) mass is 576 g/mol. The highest BCUT2D eigenvalue weighted by molar-refractivity contribution is 7.22. The number of benzene rings is 2. The molecule has 0 unspecified atom stereocenters. The summed E-state index contributed by atoms with van der Waals surface area (Å²) in [5.74, 6) is -1.90. The van der Waals surface area contributed by atoms with Crippen molar-refractivity contribution in [2.45, 2.75) is 12.7 Å². The minimum Gasteiger partial charge on any atom is -0.385 e. The number of thiophene rings is 1. The van der Waals surface area contributed by atoms with Crippen LogP contribution in [0.25, 0.3) is 37.4 Å². The second-order valence-corrected chi connectivity index (χ2v) is 10.2. The topological polar surface area (TPSA) is 108 Å². The zero-order valence-corrected chi connectivity index (χ0v) is 22.1. The zero-order chi connectivity index (χ0) is 28.1. The van der Waals surface area contributed by atoms with E-state index in [1.807, 2.05) is 4.57 Å². The molecule has 0 saturated carbocycles. The van der Waals surface area contributed by atoms with Crippen molar-refractivity contribution in [3.05, 3.63) is 63.9 Å². The Labute approximate surface area is 227 Å². The van der Waals surface area contributed by atoms with Crippen LogP contribution in [-0.4, -0.2) is 51.9 Å². The number of hydrogen-bond donors (Lipinski definition) is 1. The van der Waals surface area contributed by atoms with Gasteiger partial charge >= 0.3 is 18.2 Å². The van der Waals surface area contributed by atoms with Crippen LogP contribution in [0, 0.1) is 0 Å². The fourth-order valence-corrected chi connectivity index (χ4v) is 5.25. The van der Waals surface area contributed by atoms with Crippen LogP contribution in [0.5, 0.6) is 6.01 Å². The number of nitrogens with two attached hydrogens (primary N) is 1. The van der Waals surface area contributed by atoms with Crippen molar-refractivity contribution in [1.29, 1.82) is 0 Å². The van der Waals surface area contributed by atoms with Crippen LogP contribution in [0.2, 0.25) is 5.02 Å². The molecule has 0 radical (unpaired) electrons. The van der Waals surface area contributed by atoms with Gasteiger partial charge in [0.2, 0.25) is 5.95 Å². The first-order chi connectivity index (χ1) is 18.5. The first kappa shape index (κ1) is 26.7. The Morgan fingerprint density at radius 1 is 1.10 bits per heavy atom. The number of aromatic nitrogens is 4. The maximum Gasteiger partial charge on any atom is 0.491 e. The third-order valence-electron chi connectivity index (χ3n) is 5.78. The maximum atomic E-state index is 13.7. The van der Waals surface area contributed by atoms with E-state index >= 15 is 0 Å².